The number of amides is 1. The lowest BCUT2D eigenvalue weighted by Crippen LogP contribution is -2.14. The van der Waals surface area contributed by atoms with Gasteiger partial charge in [-0.05, 0) is 43.0 Å². The molecule has 0 bridgehead atoms. The molecule has 0 spiro atoms. The van der Waals surface area contributed by atoms with E-state index in [9.17, 15) is 4.79 Å². The molecule has 0 atom stereocenters. The summed E-state index contributed by atoms with van der Waals surface area (Å²) < 4.78 is 0.798. The van der Waals surface area contributed by atoms with E-state index in [0.717, 1.165) is 32.8 Å². The molecule has 124 valence electrons. The van der Waals surface area contributed by atoms with Crippen LogP contribution in [0.3, 0.4) is 0 Å². The van der Waals surface area contributed by atoms with Gasteiger partial charge in [0.1, 0.15) is 0 Å². The second-order valence-electron chi connectivity index (χ2n) is 5.86. The molecule has 1 aromatic heterocycles. The van der Waals surface area contributed by atoms with Crippen molar-refractivity contribution in [3.8, 4) is 0 Å². The van der Waals surface area contributed by atoms with Gasteiger partial charge in [-0.15, -0.1) is 10.2 Å². The van der Waals surface area contributed by atoms with Crippen molar-refractivity contribution >= 4 is 39.8 Å². The van der Waals surface area contributed by atoms with Gasteiger partial charge >= 0.3 is 0 Å². The van der Waals surface area contributed by atoms with E-state index in [4.69, 9.17) is 0 Å². The number of anilines is 2. The molecule has 0 fully saturated rings. The molecule has 23 heavy (non-hydrogen) atoms. The number of nitrogens with one attached hydrogen (secondary N) is 2. The lowest BCUT2D eigenvalue weighted by Gasteiger charge is -2.06. The number of hydrogen-bond donors (Lipinski definition) is 2. The first-order chi connectivity index (χ1) is 10.9. The Balaban J connectivity index is 1.82. The summed E-state index contributed by atoms with van der Waals surface area (Å²) in [6.07, 6.45) is 0. The standard InChI is InChI=1S/C16H22N4OS2/c1-10(2)8-17-15-19-20-16(23-15)22-9-14(21)18-13-6-11(3)5-12(4)7-13/h5-7,10H,8-9H2,1-4H3,(H,17,19)(H,18,21). The molecule has 0 saturated heterocycles. The topological polar surface area (TPSA) is 66.9 Å². The predicted octanol–water partition coefficient (Wildman–Crippen LogP) is 3.95. The van der Waals surface area contributed by atoms with Gasteiger partial charge in [-0.25, -0.2) is 0 Å². The zero-order chi connectivity index (χ0) is 16.8. The molecular weight excluding hydrogens is 328 g/mol. The van der Waals surface area contributed by atoms with Gasteiger partial charge < -0.3 is 10.6 Å². The molecule has 0 aliphatic carbocycles. The van der Waals surface area contributed by atoms with E-state index in [1.807, 2.05) is 26.0 Å². The van der Waals surface area contributed by atoms with Crippen molar-refractivity contribution < 1.29 is 4.79 Å². The van der Waals surface area contributed by atoms with Gasteiger partial charge in [0.25, 0.3) is 0 Å². The lowest BCUT2D eigenvalue weighted by molar-refractivity contribution is -0.113. The second-order valence-corrected chi connectivity index (χ2v) is 8.06. The number of rotatable bonds is 7. The zero-order valence-corrected chi connectivity index (χ0v) is 15.5. The third-order valence-electron chi connectivity index (χ3n) is 2.90. The summed E-state index contributed by atoms with van der Waals surface area (Å²) in [5.74, 6) is 0.844. The van der Waals surface area contributed by atoms with Gasteiger partial charge in [-0.1, -0.05) is 43.0 Å². The minimum absolute atomic E-state index is 0.0353. The Morgan fingerprint density at radius 2 is 1.91 bits per heavy atom. The van der Waals surface area contributed by atoms with Crippen molar-refractivity contribution in [2.75, 3.05) is 22.9 Å². The number of nitrogens with zero attached hydrogens (tertiary/aromatic N) is 2. The molecule has 1 amide bonds. The molecule has 0 unspecified atom stereocenters. The Bertz CT molecular complexity index is 650. The van der Waals surface area contributed by atoms with Crippen LogP contribution in [0.1, 0.15) is 25.0 Å². The van der Waals surface area contributed by atoms with Crippen LogP contribution in [0.15, 0.2) is 22.5 Å². The van der Waals surface area contributed by atoms with E-state index < -0.39 is 0 Å². The van der Waals surface area contributed by atoms with Crippen LogP contribution < -0.4 is 10.6 Å². The maximum absolute atomic E-state index is 12.0. The molecule has 0 aliphatic rings. The highest BCUT2D eigenvalue weighted by molar-refractivity contribution is 8.01. The highest BCUT2D eigenvalue weighted by Crippen LogP contribution is 2.25. The Morgan fingerprint density at radius 1 is 1.22 bits per heavy atom. The van der Waals surface area contributed by atoms with Crippen LogP contribution in [0, 0.1) is 19.8 Å². The summed E-state index contributed by atoms with van der Waals surface area (Å²) in [7, 11) is 0. The monoisotopic (exact) mass is 350 g/mol. The van der Waals surface area contributed by atoms with Gasteiger partial charge in [-0.2, -0.15) is 0 Å². The lowest BCUT2D eigenvalue weighted by atomic mass is 10.1. The first kappa shape index (κ1) is 17.7. The number of thioether (sulfide) groups is 1. The highest BCUT2D eigenvalue weighted by Gasteiger charge is 2.09. The molecular formula is C16H22N4OS2. The molecule has 2 rings (SSSR count). The molecule has 0 radical (unpaired) electrons. The molecule has 2 aromatic rings. The van der Waals surface area contributed by atoms with Crippen molar-refractivity contribution in [2.24, 2.45) is 5.92 Å². The van der Waals surface area contributed by atoms with Crippen LogP contribution in [0.4, 0.5) is 10.8 Å². The third kappa shape index (κ3) is 6.19. The van der Waals surface area contributed by atoms with E-state index in [2.05, 4.69) is 40.7 Å². The van der Waals surface area contributed by atoms with Crippen LogP contribution in [0.2, 0.25) is 0 Å². The summed E-state index contributed by atoms with van der Waals surface area (Å²) in [6.45, 7) is 9.18. The second kappa shape index (κ2) is 8.31. The van der Waals surface area contributed by atoms with E-state index in [-0.39, 0.29) is 5.91 Å². The molecule has 5 nitrogen and oxygen atoms in total. The largest absolute Gasteiger partial charge is 0.360 e. The first-order valence-corrected chi connectivity index (χ1v) is 9.31. The normalized spacial score (nSPS) is 10.8. The fourth-order valence-corrected chi connectivity index (χ4v) is 3.56. The van der Waals surface area contributed by atoms with Crippen molar-refractivity contribution in [1.82, 2.24) is 10.2 Å². The summed E-state index contributed by atoms with van der Waals surface area (Å²) in [5.41, 5.74) is 3.11. The maximum Gasteiger partial charge on any atom is 0.234 e. The summed E-state index contributed by atoms with van der Waals surface area (Å²) >= 11 is 2.88. The first-order valence-electron chi connectivity index (χ1n) is 7.50. The number of aryl methyl sites for hydroxylation is 2. The number of carbonyl (C=O) groups is 1. The molecule has 0 aliphatic heterocycles. The van der Waals surface area contributed by atoms with Gasteiger partial charge in [0.05, 0.1) is 5.75 Å². The molecule has 2 N–H and O–H groups in total. The van der Waals surface area contributed by atoms with Crippen molar-refractivity contribution in [1.29, 1.82) is 0 Å². The third-order valence-corrected chi connectivity index (χ3v) is 4.91. The van der Waals surface area contributed by atoms with Crippen molar-refractivity contribution in [3.05, 3.63) is 29.3 Å². The van der Waals surface area contributed by atoms with Crippen molar-refractivity contribution in [2.45, 2.75) is 32.0 Å². The SMILES string of the molecule is Cc1cc(C)cc(NC(=O)CSc2nnc(NCC(C)C)s2)c1. The molecule has 7 heteroatoms. The molecule has 1 heterocycles. The Hall–Kier alpha value is -1.60. The zero-order valence-electron chi connectivity index (χ0n) is 13.8. The van der Waals surface area contributed by atoms with E-state index in [1.54, 1.807) is 0 Å². The summed E-state index contributed by atoms with van der Waals surface area (Å²) in [4.78, 5) is 12.0. The average Bonchev–Trinajstić information content (AvgIpc) is 2.90. The Labute approximate surface area is 145 Å². The van der Waals surface area contributed by atoms with Crippen LogP contribution >= 0.6 is 23.1 Å². The van der Waals surface area contributed by atoms with E-state index in [0.29, 0.717) is 11.7 Å². The van der Waals surface area contributed by atoms with Crippen LogP contribution in [-0.4, -0.2) is 28.4 Å². The minimum Gasteiger partial charge on any atom is -0.360 e. The van der Waals surface area contributed by atoms with Crippen LogP contribution in [-0.2, 0) is 4.79 Å². The van der Waals surface area contributed by atoms with Crippen molar-refractivity contribution in [3.63, 3.8) is 0 Å². The summed E-state index contributed by atoms with van der Waals surface area (Å²) in [5, 5.41) is 15.1. The number of aromatic nitrogens is 2. The Kier molecular flexibility index (Phi) is 6.41. The predicted molar refractivity (Wildman–Crippen MR) is 98.5 cm³/mol. The average molecular weight is 351 g/mol. The van der Waals surface area contributed by atoms with Gasteiger partial charge in [0.2, 0.25) is 11.0 Å². The summed E-state index contributed by atoms with van der Waals surface area (Å²) in [6, 6.07) is 6.01. The highest BCUT2D eigenvalue weighted by atomic mass is 32.2. The molecule has 1 aromatic carbocycles. The molecule has 0 saturated carbocycles. The smallest absolute Gasteiger partial charge is 0.234 e. The van der Waals surface area contributed by atoms with Crippen LogP contribution in [0.5, 0.6) is 0 Å². The van der Waals surface area contributed by atoms with Gasteiger partial charge in [0.15, 0.2) is 4.34 Å². The quantitative estimate of drug-likeness (QED) is 0.740. The van der Waals surface area contributed by atoms with E-state index in [1.165, 1.54) is 23.1 Å². The van der Waals surface area contributed by atoms with E-state index >= 15 is 0 Å². The Morgan fingerprint density at radius 3 is 2.57 bits per heavy atom. The minimum atomic E-state index is -0.0353. The maximum atomic E-state index is 12.0. The fourth-order valence-electron chi connectivity index (χ4n) is 2.00. The number of carbonyl (C=O) groups excluding carboxylic acids is 1. The van der Waals surface area contributed by atoms with Gasteiger partial charge in [-0.3, -0.25) is 4.79 Å². The van der Waals surface area contributed by atoms with Gasteiger partial charge in [0, 0.05) is 12.2 Å². The van der Waals surface area contributed by atoms with Crippen LogP contribution in [0.25, 0.3) is 0 Å². The number of hydrogen-bond acceptors (Lipinski definition) is 6. The number of benzene rings is 1. The fraction of sp³-hybridized carbons (Fsp3) is 0.438.